The van der Waals surface area contributed by atoms with Gasteiger partial charge in [-0.2, -0.15) is 0 Å². The van der Waals surface area contributed by atoms with Gasteiger partial charge in [-0.3, -0.25) is 9.47 Å². The number of hydrogen-bond acceptors (Lipinski definition) is 8. The molecule has 0 bridgehead atoms. The van der Waals surface area contributed by atoms with E-state index >= 15 is 0 Å². The van der Waals surface area contributed by atoms with Gasteiger partial charge < -0.3 is 14.4 Å². The topological polar surface area (TPSA) is 85.6 Å². The second-order valence-electron chi connectivity index (χ2n) is 9.50. The average Bonchev–Trinajstić information content (AvgIpc) is 3.37. The molecule has 38 heavy (non-hydrogen) atoms. The molecule has 2 aromatic carbocycles. The summed E-state index contributed by atoms with van der Waals surface area (Å²) in [4.78, 5) is 30.2. The first-order chi connectivity index (χ1) is 18.5. The molecule has 10 heteroatoms. The molecule has 1 fully saturated rings. The number of hydrogen-bond donors (Lipinski definition) is 0. The van der Waals surface area contributed by atoms with Crippen LogP contribution in [0.1, 0.15) is 34.5 Å². The molecule has 9 nitrogen and oxygen atoms in total. The number of fused-ring (bicyclic) bond motifs is 4. The van der Waals surface area contributed by atoms with Crippen LogP contribution in [0.3, 0.4) is 0 Å². The van der Waals surface area contributed by atoms with Crippen LogP contribution in [-0.2, 0) is 17.8 Å². The first-order valence-electron chi connectivity index (χ1n) is 12.9. The zero-order valence-corrected chi connectivity index (χ0v) is 21.5. The second-order valence-corrected chi connectivity index (χ2v) is 9.50. The summed E-state index contributed by atoms with van der Waals surface area (Å²) in [6.45, 7) is 8.24. The van der Waals surface area contributed by atoms with Gasteiger partial charge in [-0.15, -0.1) is 0 Å². The fraction of sp³-hybridized carbons (Fsp3) is 0.357. The number of aryl methyl sites for hydroxylation is 1. The molecule has 0 aliphatic carbocycles. The number of carbonyl (C=O) groups is 1. The van der Waals surface area contributed by atoms with Crippen LogP contribution >= 0.6 is 0 Å². The summed E-state index contributed by atoms with van der Waals surface area (Å²) >= 11 is 0. The van der Waals surface area contributed by atoms with Crippen LogP contribution < -0.4 is 9.64 Å². The molecule has 2 aromatic heterocycles. The van der Waals surface area contributed by atoms with Gasteiger partial charge in [0.1, 0.15) is 30.3 Å². The van der Waals surface area contributed by atoms with Gasteiger partial charge in [-0.05, 0) is 44.5 Å². The molecule has 2 aliphatic heterocycles. The Morgan fingerprint density at radius 3 is 2.76 bits per heavy atom. The predicted octanol–water partition coefficient (Wildman–Crippen LogP) is 3.70. The summed E-state index contributed by atoms with van der Waals surface area (Å²) in [5, 5.41) is 1.06. The maximum atomic E-state index is 15.0. The van der Waals surface area contributed by atoms with E-state index in [9.17, 15) is 9.18 Å². The summed E-state index contributed by atoms with van der Waals surface area (Å²) in [6, 6.07) is 9.31. The van der Waals surface area contributed by atoms with Crippen molar-refractivity contribution in [3.63, 3.8) is 0 Å². The van der Waals surface area contributed by atoms with E-state index in [1.165, 1.54) is 6.07 Å². The first kappa shape index (κ1) is 24.3. The van der Waals surface area contributed by atoms with Crippen molar-refractivity contribution in [2.45, 2.75) is 26.9 Å². The smallest absolute Gasteiger partial charge is 0.358 e. The number of halogens is 1. The van der Waals surface area contributed by atoms with Crippen molar-refractivity contribution >= 4 is 22.6 Å². The number of ether oxygens (including phenoxy) is 2. The fourth-order valence-electron chi connectivity index (χ4n) is 5.30. The van der Waals surface area contributed by atoms with E-state index in [0.29, 0.717) is 35.7 Å². The SMILES string of the molecule is CCOC(=O)c1ncn2c1COc1c-2ccc(F)c1CCN1CCN(c2cccc3nc(C)ncc23)CC1. The maximum absolute atomic E-state index is 15.0. The summed E-state index contributed by atoms with van der Waals surface area (Å²) in [5.74, 6) is 0.501. The van der Waals surface area contributed by atoms with Crippen LogP contribution in [0, 0.1) is 12.7 Å². The van der Waals surface area contributed by atoms with Gasteiger partial charge in [0.25, 0.3) is 0 Å². The quantitative estimate of drug-likeness (QED) is 0.359. The zero-order valence-electron chi connectivity index (χ0n) is 21.5. The number of esters is 1. The minimum Gasteiger partial charge on any atom is -0.485 e. The lowest BCUT2D eigenvalue weighted by Gasteiger charge is -2.36. The van der Waals surface area contributed by atoms with Crippen molar-refractivity contribution in [3.05, 3.63) is 71.4 Å². The van der Waals surface area contributed by atoms with Crippen molar-refractivity contribution in [1.29, 1.82) is 0 Å². The molecule has 6 rings (SSSR count). The molecule has 0 amide bonds. The third-order valence-corrected chi connectivity index (χ3v) is 7.24. The van der Waals surface area contributed by atoms with Gasteiger partial charge in [0.05, 0.1) is 23.5 Å². The van der Waals surface area contributed by atoms with Crippen LogP contribution in [0.2, 0.25) is 0 Å². The zero-order chi connectivity index (χ0) is 26.2. The van der Waals surface area contributed by atoms with E-state index in [2.05, 4.69) is 30.8 Å². The molecule has 0 saturated carbocycles. The second kappa shape index (κ2) is 10.0. The van der Waals surface area contributed by atoms with Crippen molar-refractivity contribution < 1.29 is 18.7 Å². The molecule has 4 heterocycles. The third kappa shape index (κ3) is 4.34. The highest BCUT2D eigenvalue weighted by Crippen LogP contribution is 2.36. The van der Waals surface area contributed by atoms with Crippen LogP contribution in [0.15, 0.2) is 42.9 Å². The Labute approximate surface area is 219 Å². The minimum absolute atomic E-state index is 0.130. The Bertz CT molecular complexity index is 1510. The number of benzene rings is 2. The van der Waals surface area contributed by atoms with E-state index < -0.39 is 5.97 Å². The summed E-state index contributed by atoms with van der Waals surface area (Å²) in [7, 11) is 0. The highest BCUT2D eigenvalue weighted by molar-refractivity contribution is 5.91. The molecule has 2 aliphatic rings. The van der Waals surface area contributed by atoms with Crippen molar-refractivity contribution in [2.24, 2.45) is 0 Å². The maximum Gasteiger partial charge on any atom is 0.358 e. The molecule has 1 saturated heterocycles. The number of anilines is 1. The van der Waals surface area contributed by atoms with Gasteiger partial charge in [0.15, 0.2) is 5.69 Å². The highest BCUT2D eigenvalue weighted by Gasteiger charge is 2.28. The van der Waals surface area contributed by atoms with Crippen molar-refractivity contribution in [1.82, 2.24) is 24.4 Å². The van der Waals surface area contributed by atoms with E-state index in [1.54, 1.807) is 23.9 Å². The normalized spacial score (nSPS) is 15.2. The van der Waals surface area contributed by atoms with E-state index in [1.807, 2.05) is 25.3 Å². The molecular formula is C28H29FN6O3. The Morgan fingerprint density at radius 1 is 1.11 bits per heavy atom. The lowest BCUT2D eigenvalue weighted by molar-refractivity contribution is 0.0516. The van der Waals surface area contributed by atoms with Gasteiger partial charge in [-0.1, -0.05) is 6.07 Å². The van der Waals surface area contributed by atoms with Crippen LogP contribution in [0.25, 0.3) is 16.6 Å². The molecule has 0 radical (unpaired) electrons. The van der Waals surface area contributed by atoms with Crippen LogP contribution in [0.5, 0.6) is 5.75 Å². The lowest BCUT2D eigenvalue weighted by atomic mass is 10.1. The summed E-state index contributed by atoms with van der Waals surface area (Å²) in [5.41, 5.74) is 4.18. The molecule has 196 valence electrons. The Morgan fingerprint density at radius 2 is 1.95 bits per heavy atom. The third-order valence-electron chi connectivity index (χ3n) is 7.24. The standard InChI is InChI=1S/C28H29FN6O3/c1-3-37-28(36)26-25-16-38-27-19(21(29)7-8-24(27)35(25)17-31-26)9-10-33-11-13-34(14-12-33)23-6-4-5-22-20(23)15-30-18(2)32-22/h4-8,15,17H,3,9-14,16H2,1-2H3. The average molecular weight is 517 g/mol. The van der Waals surface area contributed by atoms with Crippen molar-refractivity contribution in [3.8, 4) is 11.4 Å². The largest absolute Gasteiger partial charge is 0.485 e. The molecule has 0 atom stereocenters. The van der Waals surface area contributed by atoms with E-state index in [4.69, 9.17) is 9.47 Å². The number of aromatic nitrogens is 4. The summed E-state index contributed by atoms with van der Waals surface area (Å²) < 4.78 is 27.9. The summed E-state index contributed by atoms with van der Waals surface area (Å²) in [6.07, 6.45) is 4.00. The Balaban J connectivity index is 1.15. The molecule has 0 unspecified atom stereocenters. The van der Waals surface area contributed by atoms with Crippen LogP contribution in [-0.4, -0.2) is 69.7 Å². The van der Waals surface area contributed by atoms with E-state index in [-0.39, 0.29) is 24.7 Å². The van der Waals surface area contributed by atoms with E-state index in [0.717, 1.165) is 48.6 Å². The number of carbonyl (C=O) groups excluding carboxylic acids is 1. The van der Waals surface area contributed by atoms with Gasteiger partial charge in [0.2, 0.25) is 0 Å². The number of nitrogens with zero attached hydrogens (tertiary/aromatic N) is 6. The molecule has 0 spiro atoms. The monoisotopic (exact) mass is 516 g/mol. The molecule has 4 aromatic rings. The molecular weight excluding hydrogens is 487 g/mol. The lowest BCUT2D eigenvalue weighted by Crippen LogP contribution is -2.47. The number of piperazine rings is 1. The minimum atomic E-state index is -0.485. The predicted molar refractivity (Wildman–Crippen MR) is 140 cm³/mol. The van der Waals surface area contributed by atoms with Crippen molar-refractivity contribution in [2.75, 3.05) is 44.2 Å². The van der Waals surface area contributed by atoms with Crippen LogP contribution in [0.4, 0.5) is 10.1 Å². The number of rotatable bonds is 6. The van der Waals surface area contributed by atoms with Gasteiger partial charge in [0, 0.05) is 55.6 Å². The Hall–Kier alpha value is -4.05. The number of imidazole rings is 1. The fourth-order valence-corrected chi connectivity index (χ4v) is 5.30. The first-order valence-corrected chi connectivity index (χ1v) is 12.9. The Kier molecular flexibility index (Phi) is 6.40. The highest BCUT2D eigenvalue weighted by atomic mass is 19.1. The van der Waals surface area contributed by atoms with Gasteiger partial charge in [-0.25, -0.2) is 24.1 Å². The molecule has 0 N–H and O–H groups in total. The van der Waals surface area contributed by atoms with Gasteiger partial charge >= 0.3 is 5.97 Å².